The van der Waals surface area contributed by atoms with E-state index in [9.17, 15) is 4.79 Å². The van der Waals surface area contributed by atoms with E-state index in [2.05, 4.69) is 35.8 Å². The van der Waals surface area contributed by atoms with Gasteiger partial charge in [-0.25, -0.2) is 4.98 Å². The second kappa shape index (κ2) is 10.8. The molecule has 0 aliphatic heterocycles. The van der Waals surface area contributed by atoms with Crippen LogP contribution in [-0.4, -0.2) is 15.3 Å². The fraction of sp³-hybridized carbons (Fsp3) is 0.571. The molecule has 0 atom stereocenters. The Balaban J connectivity index is 1.50. The molecule has 5 heteroatoms. The highest BCUT2D eigenvalue weighted by atomic mass is 32.2. The van der Waals surface area contributed by atoms with Gasteiger partial charge in [-0.1, -0.05) is 87.9 Å². The smallest absolute Gasteiger partial charge is 0.263 e. The second-order valence-corrected chi connectivity index (χ2v) is 11.9. The van der Waals surface area contributed by atoms with Crippen molar-refractivity contribution in [3.8, 4) is 10.4 Å². The molecule has 2 aliphatic carbocycles. The van der Waals surface area contributed by atoms with Gasteiger partial charge in [-0.2, -0.15) is 0 Å². The molecular weight excluding hydrogens is 444 g/mol. The van der Waals surface area contributed by atoms with E-state index in [0.29, 0.717) is 5.92 Å². The number of thioether (sulfide) groups is 1. The van der Waals surface area contributed by atoms with Crippen LogP contribution in [-0.2, 0) is 19.4 Å². The predicted molar refractivity (Wildman–Crippen MR) is 143 cm³/mol. The Bertz CT molecular complexity index is 1160. The highest BCUT2D eigenvalue weighted by Gasteiger charge is 2.26. The lowest BCUT2D eigenvalue weighted by Gasteiger charge is -2.23. The van der Waals surface area contributed by atoms with Crippen LogP contribution >= 0.6 is 23.1 Å². The molecule has 2 aliphatic rings. The Morgan fingerprint density at radius 3 is 2.73 bits per heavy atom. The van der Waals surface area contributed by atoms with Crippen molar-refractivity contribution in [1.29, 1.82) is 0 Å². The zero-order valence-corrected chi connectivity index (χ0v) is 21.5. The van der Waals surface area contributed by atoms with Crippen LogP contribution in [0.3, 0.4) is 0 Å². The normalized spacial score (nSPS) is 16.2. The van der Waals surface area contributed by atoms with Crippen molar-refractivity contribution in [3.05, 3.63) is 45.7 Å². The lowest BCUT2D eigenvalue weighted by Crippen LogP contribution is -2.28. The summed E-state index contributed by atoms with van der Waals surface area (Å²) >= 11 is 3.55. The molecule has 0 bridgehead atoms. The van der Waals surface area contributed by atoms with E-state index in [1.807, 2.05) is 11.8 Å². The SMILES string of the molecule is CCCCCCCSc1nc2sc3c(c2c(=O)n1CC1CCCCC1)CCc1ccccc1-3. The van der Waals surface area contributed by atoms with E-state index in [0.717, 1.165) is 40.5 Å². The molecule has 2 heterocycles. The minimum atomic E-state index is 0.218. The monoisotopic (exact) mass is 480 g/mol. The van der Waals surface area contributed by atoms with Crippen molar-refractivity contribution in [2.45, 2.75) is 95.7 Å². The Hall–Kier alpha value is -1.59. The number of aromatic nitrogens is 2. The largest absolute Gasteiger partial charge is 0.287 e. The summed E-state index contributed by atoms with van der Waals surface area (Å²) in [6.45, 7) is 3.11. The van der Waals surface area contributed by atoms with Crippen molar-refractivity contribution >= 4 is 33.3 Å². The summed E-state index contributed by atoms with van der Waals surface area (Å²) in [5, 5.41) is 1.87. The predicted octanol–water partition coefficient (Wildman–Crippen LogP) is 7.87. The average molecular weight is 481 g/mol. The van der Waals surface area contributed by atoms with E-state index < -0.39 is 0 Å². The Labute approximate surface area is 206 Å². The number of nitrogens with zero attached hydrogens (tertiary/aromatic N) is 2. The third-order valence-corrected chi connectivity index (χ3v) is 9.65. The maximum absolute atomic E-state index is 14.0. The van der Waals surface area contributed by atoms with Gasteiger partial charge in [0.2, 0.25) is 0 Å². The lowest BCUT2D eigenvalue weighted by molar-refractivity contribution is 0.306. The molecule has 1 fully saturated rings. The number of hydrogen-bond acceptors (Lipinski definition) is 4. The fourth-order valence-corrected chi connectivity index (χ4v) is 7.90. The van der Waals surface area contributed by atoms with E-state index in [1.165, 1.54) is 85.8 Å². The first kappa shape index (κ1) is 23.2. The van der Waals surface area contributed by atoms with Gasteiger partial charge in [0.05, 0.1) is 5.39 Å². The van der Waals surface area contributed by atoms with Gasteiger partial charge in [-0.3, -0.25) is 9.36 Å². The minimum Gasteiger partial charge on any atom is -0.287 e. The van der Waals surface area contributed by atoms with Gasteiger partial charge in [-0.15, -0.1) is 11.3 Å². The van der Waals surface area contributed by atoms with Gasteiger partial charge in [0.1, 0.15) is 4.83 Å². The maximum atomic E-state index is 14.0. The van der Waals surface area contributed by atoms with Crippen LogP contribution < -0.4 is 5.56 Å². The molecule has 1 saturated carbocycles. The average Bonchev–Trinajstić information content (AvgIpc) is 3.23. The van der Waals surface area contributed by atoms with Crippen LogP contribution in [0.5, 0.6) is 0 Å². The third kappa shape index (κ3) is 4.95. The summed E-state index contributed by atoms with van der Waals surface area (Å²) in [6.07, 6.45) is 14.8. The lowest BCUT2D eigenvalue weighted by atomic mass is 9.89. The van der Waals surface area contributed by atoms with Crippen molar-refractivity contribution < 1.29 is 0 Å². The molecule has 0 saturated heterocycles. The molecule has 0 unspecified atom stereocenters. The van der Waals surface area contributed by atoms with Gasteiger partial charge in [0.25, 0.3) is 5.56 Å². The van der Waals surface area contributed by atoms with Crippen LogP contribution in [0.1, 0.15) is 82.3 Å². The van der Waals surface area contributed by atoms with Crippen molar-refractivity contribution in [1.82, 2.24) is 9.55 Å². The van der Waals surface area contributed by atoms with Crippen LogP contribution in [0.4, 0.5) is 0 Å². The van der Waals surface area contributed by atoms with Crippen LogP contribution in [0.15, 0.2) is 34.2 Å². The van der Waals surface area contributed by atoms with Gasteiger partial charge >= 0.3 is 0 Å². The first-order valence-electron chi connectivity index (χ1n) is 13.0. The first-order valence-corrected chi connectivity index (χ1v) is 14.8. The summed E-state index contributed by atoms with van der Waals surface area (Å²) in [7, 11) is 0. The zero-order chi connectivity index (χ0) is 22.6. The zero-order valence-electron chi connectivity index (χ0n) is 19.9. The van der Waals surface area contributed by atoms with E-state index in [1.54, 1.807) is 11.3 Å². The second-order valence-electron chi connectivity index (χ2n) is 9.82. The number of fused-ring (bicyclic) bond motifs is 5. The molecule has 3 nitrogen and oxygen atoms in total. The van der Waals surface area contributed by atoms with E-state index >= 15 is 0 Å². The van der Waals surface area contributed by atoms with Crippen molar-refractivity contribution in [2.75, 3.05) is 5.75 Å². The number of thiophene rings is 1. The Morgan fingerprint density at radius 1 is 1.06 bits per heavy atom. The van der Waals surface area contributed by atoms with E-state index in [4.69, 9.17) is 4.98 Å². The molecular formula is C28H36N2OS2. The number of aryl methyl sites for hydroxylation is 2. The van der Waals surface area contributed by atoms with E-state index in [-0.39, 0.29) is 5.56 Å². The summed E-state index contributed by atoms with van der Waals surface area (Å²) in [4.78, 5) is 21.3. The number of benzene rings is 1. The molecule has 2 aromatic heterocycles. The van der Waals surface area contributed by atoms with Crippen LogP contribution in [0.2, 0.25) is 0 Å². The number of unbranched alkanes of at least 4 members (excludes halogenated alkanes) is 4. The van der Waals surface area contributed by atoms with Crippen LogP contribution in [0, 0.1) is 5.92 Å². The molecule has 33 heavy (non-hydrogen) atoms. The molecule has 3 aromatic rings. The Morgan fingerprint density at radius 2 is 1.88 bits per heavy atom. The highest BCUT2D eigenvalue weighted by Crippen LogP contribution is 2.42. The third-order valence-electron chi connectivity index (χ3n) is 7.43. The summed E-state index contributed by atoms with van der Waals surface area (Å²) in [5.74, 6) is 1.68. The first-order chi connectivity index (χ1) is 16.3. The maximum Gasteiger partial charge on any atom is 0.263 e. The highest BCUT2D eigenvalue weighted by molar-refractivity contribution is 7.99. The van der Waals surface area contributed by atoms with Crippen molar-refractivity contribution in [3.63, 3.8) is 0 Å². The molecule has 1 aromatic carbocycles. The molecule has 0 amide bonds. The van der Waals surface area contributed by atoms with Gasteiger partial charge in [0, 0.05) is 17.2 Å². The van der Waals surface area contributed by atoms with Gasteiger partial charge in [0.15, 0.2) is 5.16 Å². The number of hydrogen-bond donors (Lipinski definition) is 0. The summed E-state index contributed by atoms with van der Waals surface area (Å²) in [5.41, 5.74) is 4.18. The standard InChI is InChI=1S/C28H36N2OS2/c1-2-3-4-5-11-18-32-28-29-26-24(27(31)30(28)19-20-12-7-6-8-13-20)23-17-16-21-14-9-10-15-22(21)25(23)33-26/h9-10,14-15,20H,2-8,11-13,16-19H2,1H3. The summed E-state index contributed by atoms with van der Waals surface area (Å²) < 4.78 is 2.07. The van der Waals surface area contributed by atoms with Crippen molar-refractivity contribution in [2.24, 2.45) is 5.92 Å². The minimum absolute atomic E-state index is 0.218. The van der Waals surface area contributed by atoms with Gasteiger partial charge in [-0.05, 0) is 54.7 Å². The quantitative estimate of drug-likeness (QED) is 0.178. The Kier molecular flexibility index (Phi) is 7.56. The molecule has 176 valence electrons. The van der Waals surface area contributed by atoms with Crippen LogP contribution in [0.25, 0.3) is 20.7 Å². The molecule has 0 spiro atoms. The summed E-state index contributed by atoms with van der Waals surface area (Å²) in [6, 6.07) is 8.70. The molecule has 0 radical (unpaired) electrons. The molecule has 5 rings (SSSR count). The number of rotatable bonds is 9. The van der Waals surface area contributed by atoms with Gasteiger partial charge < -0.3 is 0 Å². The molecule has 0 N–H and O–H groups in total. The topological polar surface area (TPSA) is 34.9 Å². The fourth-order valence-electron chi connectivity index (χ4n) is 5.56.